The van der Waals surface area contributed by atoms with Crippen LogP contribution in [-0.2, 0) is 4.74 Å². The average Bonchev–Trinajstić information content (AvgIpc) is 2.95. The molecule has 2 aromatic heterocycles. The van der Waals surface area contributed by atoms with Gasteiger partial charge in [0.1, 0.15) is 17.1 Å². The van der Waals surface area contributed by atoms with Gasteiger partial charge in [-0.1, -0.05) is 11.6 Å². The van der Waals surface area contributed by atoms with Gasteiger partial charge in [0.15, 0.2) is 11.0 Å². The number of nitrogens with one attached hydrogen (secondary N) is 2. The van der Waals surface area contributed by atoms with Crippen LogP contribution in [0, 0.1) is 19.7 Å². The number of fused-ring (bicyclic) bond motifs is 3. The molecule has 0 aromatic carbocycles. The van der Waals surface area contributed by atoms with Crippen LogP contribution in [-0.4, -0.2) is 56.8 Å². The van der Waals surface area contributed by atoms with Crippen molar-refractivity contribution >= 4 is 28.5 Å². The molecule has 2 fully saturated rings. The summed E-state index contributed by atoms with van der Waals surface area (Å²) in [6.45, 7) is 13.4. The number of halogens is 2. The van der Waals surface area contributed by atoms with Crippen LogP contribution < -0.4 is 15.6 Å². The Hall–Kier alpha value is -2.39. The first-order chi connectivity index (χ1) is 15.7. The molecular weight excluding hydrogens is 463 g/mol. The van der Waals surface area contributed by atoms with E-state index in [0.29, 0.717) is 17.8 Å². The first-order valence-electron chi connectivity index (χ1n) is 11.5. The standard InChI is InChI=1S/C24H32ClFN4O4/c1-11-12(2)28-20(31)16-15(11)17(26)19(25)29-21(16)33-13(3)18-14-8-9-24(7,10-27-18)30(14)22(32)34-23(4,5)6/h13-14,18,27H,8-10H2,1-7H3,(H,28,31)/t13?,14-,18+,24+/m0/s1. The monoisotopic (exact) mass is 494 g/mol. The number of rotatable bonds is 3. The van der Waals surface area contributed by atoms with E-state index in [1.54, 1.807) is 13.8 Å². The Bertz CT molecular complexity index is 1200. The predicted molar refractivity (Wildman–Crippen MR) is 128 cm³/mol. The summed E-state index contributed by atoms with van der Waals surface area (Å²) in [4.78, 5) is 34.5. The Labute approximate surface area is 203 Å². The van der Waals surface area contributed by atoms with Crippen LogP contribution in [0.5, 0.6) is 5.88 Å². The molecule has 1 amide bonds. The van der Waals surface area contributed by atoms with E-state index >= 15 is 0 Å². The molecule has 2 aliphatic heterocycles. The lowest BCUT2D eigenvalue weighted by Gasteiger charge is -2.47. The Kier molecular flexibility index (Phi) is 6.09. The van der Waals surface area contributed by atoms with Gasteiger partial charge in [-0.3, -0.25) is 9.69 Å². The van der Waals surface area contributed by atoms with Gasteiger partial charge >= 0.3 is 6.09 Å². The summed E-state index contributed by atoms with van der Waals surface area (Å²) in [5, 5.41) is 3.27. The minimum Gasteiger partial charge on any atom is -0.472 e. The summed E-state index contributed by atoms with van der Waals surface area (Å²) in [5.74, 6) is -0.781. The Balaban J connectivity index is 1.68. The topological polar surface area (TPSA) is 96.6 Å². The van der Waals surface area contributed by atoms with Crippen LogP contribution >= 0.6 is 11.6 Å². The van der Waals surface area contributed by atoms with Crippen molar-refractivity contribution in [3.8, 4) is 5.88 Å². The molecule has 0 saturated carbocycles. The van der Waals surface area contributed by atoms with E-state index < -0.39 is 23.1 Å². The van der Waals surface area contributed by atoms with Gasteiger partial charge in [0, 0.05) is 17.6 Å². The number of pyridine rings is 2. The molecule has 2 aromatic rings. The number of hydrogen-bond acceptors (Lipinski definition) is 6. The second-order valence-electron chi connectivity index (χ2n) is 10.7. The summed E-state index contributed by atoms with van der Waals surface area (Å²) in [6.07, 6.45) is 0.746. The molecule has 4 atom stereocenters. The maximum Gasteiger partial charge on any atom is 0.411 e. The maximum absolute atomic E-state index is 14.9. The van der Waals surface area contributed by atoms with E-state index in [4.69, 9.17) is 21.1 Å². The summed E-state index contributed by atoms with van der Waals surface area (Å²) < 4.78 is 26.7. The highest BCUT2D eigenvalue weighted by molar-refractivity contribution is 6.30. The van der Waals surface area contributed by atoms with Crippen LogP contribution in [0.1, 0.15) is 58.7 Å². The van der Waals surface area contributed by atoms with Crippen molar-refractivity contribution in [2.75, 3.05) is 6.54 Å². The van der Waals surface area contributed by atoms with Gasteiger partial charge in [-0.2, -0.15) is 4.98 Å². The number of carbonyl (C=O) groups is 1. The van der Waals surface area contributed by atoms with Crippen LogP contribution in [0.2, 0.25) is 5.15 Å². The molecule has 1 unspecified atom stereocenters. The highest BCUT2D eigenvalue weighted by atomic mass is 35.5. The molecule has 4 rings (SSSR count). The zero-order valence-corrected chi connectivity index (χ0v) is 21.4. The van der Waals surface area contributed by atoms with Crippen LogP contribution in [0.3, 0.4) is 0 Å². The molecule has 186 valence electrons. The third-order valence-electron chi connectivity index (χ3n) is 6.95. The van der Waals surface area contributed by atoms with E-state index in [1.165, 1.54) is 0 Å². The number of nitrogens with zero attached hydrogens (tertiary/aromatic N) is 2. The number of amides is 1. The zero-order valence-electron chi connectivity index (χ0n) is 20.6. The van der Waals surface area contributed by atoms with Crippen molar-refractivity contribution in [1.82, 2.24) is 20.2 Å². The second-order valence-corrected chi connectivity index (χ2v) is 11.0. The SMILES string of the molecule is Cc1[nH]c(=O)c2c(OC(C)[C@H]3NC[C@@]4(C)CC[C@@H]3N4C(=O)OC(C)(C)C)nc(Cl)c(F)c2c1C. The Morgan fingerprint density at radius 1 is 1.32 bits per heavy atom. The van der Waals surface area contributed by atoms with Crippen LogP contribution in [0.25, 0.3) is 10.8 Å². The summed E-state index contributed by atoms with van der Waals surface area (Å²) in [7, 11) is 0. The number of aryl methyl sites for hydroxylation is 2. The van der Waals surface area contributed by atoms with Crippen molar-refractivity contribution in [1.29, 1.82) is 0 Å². The molecule has 2 saturated heterocycles. The molecule has 4 heterocycles. The van der Waals surface area contributed by atoms with Gasteiger partial charge in [0.25, 0.3) is 5.56 Å². The third-order valence-corrected chi connectivity index (χ3v) is 7.20. The van der Waals surface area contributed by atoms with Gasteiger partial charge in [-0.25, -0.2) is 9.18 Å². The predicted octanol–water partition coefficient (Wildman–Crippen LogP) is 4.23. The summed E-state index contributed by atoms with van der Waals surface area (Å²) in [6, 6.07) is -0.428. The van der Waals surface area contributed by atoms with Gasteiger partial charge < -0.3 is 19.8 Å². The summed E-state index contributed by atoms with van der Waals surface area (Å²) >= 11 is 6.08. The van der Waals surface area contributed by atoms with E-state index in [2.05, 4.69) is 15.3 Å². The molecule has 2 N–H and O–H groups in total. The van der Waals surface area contributed by atoms with E-state index in [-0.39, 0.29) is 45.5 Å². The fourth-order valence-corrected chi connectivity index (χ4v) is 5.34. The largest absolute Gasteiger partial charge is 0.472 e. The second kappa shape index (κ2) is 8.37. The highest BCUT2D eigenvalue weighted by Crippen LogP contribution is 2.41. The van der Waals surface area contributed by atoms with Crippen molar-refractivity contribution < 1.29 is 18.7 Å². The minimum atomic E-state index is -0.748. The number of ether oxygens (including phenoxy) is 2. The van der Waals surface area contributed by atoms with E-state index in [1.807, 2.05) is 39.5 Å². The summed E-state index contributed by atoms with van der Waals surface area (Å²) in [5.41, 5.74) is -0.361. The minimum absolute atomic E-state index is 0.0212. The normalized spacial score (nSPS) is 25.5. The van der Waals surface area contributed by atoms with E-state index in [0.717, 1.165) is 12.8 Å². The molecule has 8 nitrogen and oxygen atoms in total. The first kappa shape index (κ1) is 24.7. The van der Waals surface area contributed by atoms with Crippen LogP contribution in [0.4, 0.5) is 9.18 Å². The van der Waals surface area contributed by atoms with Gasteiger partial charge in [-0.15, -0.1) is 0 Å². The first-order valence-corrected chi connectivity index (χ1v) is 11.9. The average molecular weight is 495 g/mol. The number of aromatic nitrogens is 2. The van der Waals surface area contributed by atoms with Gasteiger partial charge in [0.05, 0.1) is 17.6 Å². The van der Waals surface area contributed by atoms with Crippen molar-refractivity contribution in [2.45, 2.75) is 90.6 Å². The quantitative estimate of drug-likeness (QED) is 0.620. The zero-order chi connectivity index (χ0) is 25.2. The third kappa shape index (κ3) is 4.13. The Morgan fingerprint density at radius 3 is 2.65 bits per heavy atom. The molecule has 0 aliphatic carbocycles. The Morgan fingerprint density at radius 2 is 2.00 bits per heavy atom. The molecule has 34 heavy (non-hydrogen) atoms. The lowest BCUT2D eigenvalue weighted by atomic mass is 9.96. The molecule has 0 spiro atoms. The molecule has 0 radical (unpaired) electrons. The van der Waals surface area contributed by atoms with Crippen molar-refractivity contribution in [3.63, 3.8) is 0 Å². The number of hydrogen-bond donors (Lipinski definition) is 2. The van der Waals surface area contributed by atoms with Gasteiger partial charge in [-0.05, 0) is 66.9 Å². The molecule has 2 aliphatic rings. The van der Waals surface area contributed by atoms with E-state index in [9.17, 15) is 14.0 Å². The lowest BCUT2D eigenvalue weighted by Crippen LogP contribution is -2.68. The molecular formula is C24H32ClFN4O4. The highest BCUT2D eigenvalue weighted by Gasteiger charge is 2.54. The number of piperazine rings is 1. The fraction of sp³-hybridized carbons (Fsp3) is 0.625. The number of aromatic amines is 1. The fourth-order valence-electron chi connectivity index (χ4n) is 5.17. The lowest BCUT2D eigenvalue weighted by molar-refractivity contribution is -0.0243. The number of H-pyrrole nitrogens is 1. The van der Waals surface area contributed by atoms with Crippen molar-refractivity contribution in [3.05, 3.63) is 32.6 Å². The number of carbonyl (C=O) groups excluding carboxylic acids is 1. The molecule has 2 bridgehead atoms. The van der Waals surface area contributed by atoms with Crippen LogP contribution in [0.15, 0.2) is 4.79 Å². The van der Waals surface area contributed by atoms with Crippen molar-refractivity contribution in [2.24, 2.45) is 0 Å². The molecule has 10 heteroatoms. The van der Waals surface area contributed by atoms with Gasteiger partial charge in [0.2, 0.25) is 5.88 Å². The maximum atomic E-state index is 14.9. The smallest absolute Gasteiger partial charge is 0.411 e.